The molecule has 1 saturated carbocycles. The molecule has 0 amide bonds. The molecule has 1 aliphatic carbocycles. The van der Waals surface area contributed by atoms with E-state index in [1.807, 2.05) is 12.3 Å². The van der Waals surface area contributed by atoms with Gasteiger partial charge in [0.2, 0.25) is 0 Å². The van der Waals surface area contributed by atoms with E-state index in [1.165, 1.54) is 18.4 Å². The molecule has 0 aromatic carbocycles. The molecule has 1 aromatic heterocycles. The first-order valence-corrected chi connectivity index (χ1v) is 6.56. The van der Waals surface area contributed by atoms with Crippen molar-refractivity contribution in [1.29, 1.82) is 0 Å². The average molecular weight is 234 g/mol. The van der Waals surface area contributed by atoms with Crippen LogP contribution in [0.4, 0.5) is 0 Å². The van der Waals surface area contributed by atoms with Gasteiger partial charge < -0.3 is 5.11 Å². The Hall–Kier alpha value is -0.930. The quantitative estimate of drug-likeness (QED) is 0.734. The zero-order valence-corrected chi connectivity index (χ0v) is 10.6. The second-order valence-corrected chi connectivity index (χ2v) is 4.88. The molecule has 1 fully saturated rings. The summed E-state index contributed by atoms with van der Waals surface area (Å²) in [6.45, 7) is 4.49. The number of aromatic nitrogens is 1. The third-order valence-electron chi connectivity index (χ3n) is 3.41. The van der Waals surface area contributed by atoms with Crippen LogP contribution >= 0.6 is 0 Å². The van der Waals surface area contributed by atoms with Gasteiger partial charge in [0.05, 0.1) is 0 Å². The van der Waals surface area contributed by atoms with Gasteiger partial charge in [0.15, 0.2) is 0 Å². The van der Waals surface area contributed by atoms with Gasteiger partial charge in [-0.2, -0.15) is 0 Å². The maximum Gasteiger partial charge on any atom is 0.0431 e. The molecule has 0 bridgehead atoms. The van der Waals surface area contributed by atoms with Crippen LogP contribution in [0, 0.1) is 6.92 Å². The highest BCUT2D eigenvalue weighted by Crippen LogP contribution is 2.28. The largest absolute Gasteiger partial charge is 0.396 e. The smallest absolute Gasteiger partial charge is 0.0431 e. The number of hydrogen-bond donors (Lipinski definition) is 1. The van der Waals surface area contributed by atoms with Crippen molar-refractivity contribution in [3.8, 4) is 0 Å². The lowest BCUT2D eigenvalue weighted by molar-refractivity contribution is 0.228. The Bertz CT molecular complexity index is 350. The number of aliphatic hydroxyl groups excluding tert-OH is 1. The predicted octanol–water partition coefficient (Wildman–Crippen LogP) is 2.13. The summed E-state index contributed by atoms with van der Waals surface area (Å²) in [7, 11) is 0. The Kier molecular flexibility index (Phi) is 4.51. The molecule has 2 rings (SSSR count). The van der Waals surface area contributed by atoms with Crippen molar-refractivity contribution in [1.82, 2.24) is 9.88 Å². The van der Waals surface area contributed by atoms with Crippen molar-refractivity contribution in [2.45, 2.75) is 45.2 Å². The van der Waals surface area contributed by atoms with E-state index in [2.05, 4.69) is 22.9 Å². The molecule has 0 spiro atoms. The Labute approximate surface area is 103 Å². The minimum Gasteiger partial charge on any atom is -0.396 e. The highest BCUT2D eigenvalue weighted by Gasteiger charge is 2.28. The number of aryl methyl sites for hydroxylation is 1. The number of unbranched alkanes of at least 4 members (excludes halogenated alkanes) is 1. The van der Waals surface area contributed by atoms with E-state index >= 15 is 0 Å². The fraction of sp³-hybridized carbons (Fsp3) is 0.643. The molecule has 17 heavy (non-hydrogen) atoms. The maximum atomic E-state index is 8.84. The van der Waals surface area contributed by atoms with Gasteiger partial charge in [0.25, 0.3) is 0 Å². The third-order valence-corrected chi connectivity index (χ3v) is 3.41. The van der Waals surface area contributed by atoms with E-state index in [9.17, 15) is 0 Å². The monoisotopic (exact) mass is 234 g/mol. The van der Waals surface area contributed by atoms with Crippen molar-refractivity contribution < 1.29 is 5.11 Å². The van der Waals surface area contributed by atoms with Gasteiger partial charge >= 0.3 is 0 Å². The number of aliphatic hydroxyl groups is 1. The van der Waals surface area contributed by atoms with Crippen LogP contribution in [-0.4, -0.2) is 34.2 Å². The second-order valence-electron chi connectivity index (χ2n) is 4.88. The van der Waals surface area contributed by atoms with Crippen LogP contribution in [0.5, 0.6) is 0 Å². The van der Waals surface area contributed by atoms with Crippen molar-refractivity contribution in [3.63, 3.8) is 0 Å². The summed E-state index contributed by atoms with van der Waals surface area (Å²) in [4.78, 5) is 6.88. The maximum absolute atomic E-state index is 8.84. The Morgan fingerprint density at radius 2 is 2.24 bits per heavy atom. The Balaban J connectivity index is 1.91. The highest BCUT2D eigenvalue weighted by atomic mass is 16.2. The van der Waals surface area contributed by atoms with E-state index in [-0.39, 0.29) is 0 Å². The molecule has 0 radical (unpaired) electrons. The van der Waals surface area contributed by atoms with Gasteiger partial charge in [-0.3, -0.25) is 9.88 Å². The summed E-state index contributed by atoms with van der Waals surface area (Å²) in [5.41, 5.74) is 2.48. The first kappa shape index (κ1) is 12.5. The lowest BCUT2D eigenvalue weighted by atomic mass is 10.2. The van der Waals surface area contributed by atoms with E-state index < -0.39 is 0 Å². The molecule has 1 heterocycles. The van der Waals surface area contributed by atoms with Crippen molar-refractivity contribution in [3.05, 3.63) is 29.6 Å². The summed E-state index contributed by atoms with van der Waals surface area (Å²) in [5.74, 6) is 0. The molecule has 94 valence electrons. The molecule has 0 saturated heterocycles. The van der Waals surface area contributed by atoms with Crippen LogP contribution in [0.15, 0.2) is 18.3 Å². The fourth-order valence-corrected chi connectivity index (χ4v) is 2.16. The molecule has 1 N–H and O–H groups in total. The Morgan fingerprint density at radius 1 is 1.41 bits per heavy atom. The van der Waals surface area contributed by atoms with E-state index in [0.29, 0.717) is 6.61 Å². The minimum atomic E-state index is 0.310. The van der Waals surface area contributed by atoms with Crippen LogP contribution < -0.4 is 0 Å². The van der Waals surface area contributed by atoms with E-state index in [1.54, 1.807) is 0 Å². The van der Waals surface area contributed by atoms with E-state index in [4.69, 9.17) is 5.11 Å². The molecule has 3 heteroatoms. The number of nitrogens with zero attached hydrogens (tertiary/aromatic N) is 2. The zero-order valence-electron chi connectivity index (χ0n) is 10.6. The van der Waals surface area contributed by atoms with Gasteiger partial charge in [-0.25, -0.2) is 0 Å². The van der Waals surface area contributed by atoms with Crippen LogP contribution in [0.3, 0.4) is 0 Å². The van der Waals surface area contributed by atoms with Gasteiger partial charge in [-0.1, -0.05) is 6.07 Å². The van der Waals surface area contributed by atoms with Crippen LogP contribution in [0.1, 0.15) is 36.9 Å². The first-order chi connectivity index (χ1) is 8.31. The van der Waals surface area contributed by atoms with Crippen LogP contribution in [0.2, 0.25) is 0 Å². The summed E-state index contributed by atoms with van der Waals surface area (Å²) in [5, 5.41) is 8.84. The molecule has 1 aromatic rings. The minimum absolute atomic E-state index is 0.310. The molecule has 0 unspecified atom stereocenters. The van der Waals surface area contributed by atoms with E-state index in [0.717, 1.165) is 37.7 Å². The highest BCUT2D eigenvalue weighted by molar-refractivity contribution is 5.18. The number of pyridine rings is 1. The molecular weight excluding hydrogens is 212 g/mol. The summed E-state index contributed by atoms with van der Waals surface area (Å²) in [6.07, 6.45) is 6.52. The third kappa shape index (κ3) is 3.79. The van der Waals surface area contributed by atoms with Crippen LogP contribution in [-0.2, 0) is 6.54 Å². The topological polar surface area (TPSA) is 36.4 Å². The number of hydrogen-bond acceptors (Lipinski definition) is 3. The zero-order chi connectivity index (χ0) is 12.1. The summed E-state index contributed by atoms with van der Waals surface area (Å²) in [6, 6.07) is 4.96. The first-order valence-electron chi connectivity index (χ1n) is 6.56. The van der Waals surface area contributed by atoms with Crippen molar-refractivity contribution in [2.75, 3.05) is 13.2 Å². The SMILES string of the molecule is Cc1ncccc1CN(CCCCO)C1CC1. The average Bonchev–Trinajstić information content (AvgIpc) is 3.15. The molecule has 1 aliphatic rings. The van der Waals surface area contributed by atoms with Gasteiger partial charge in [0, 0.05) is 31.1 Å². The summed E-state index contributed by atoms with van der Waals surface area (Å²) < 4.78 is 0. The Morgan fingerprint density at radius 3 is 2.88 bits per heavy atom. The fourth-order valence-electron chi connectivity index (χ4n) is 2.16. The van der Waals surface area contributed by atoms with Crippen molar-refractivity contribution >= 4 is 0 Å². The predicted molar refractivity (Wildman–Crippen MR) is 68.7 cm³/mol. The van der Waals surface area contributed by atoms with Crippen LogP contribution in [0.25, 0.3) is 0 Å². The van der Waals surface area contributed by atoms with Gasteiger partial charge in [0.1, 0.15) is 0 Å². The van der Waals surface area contributed by atoms with Crippen molar-refractivity contribution in [2.24, 2.45) is 0 Å². The lowest BCUT2D eigenvalue weighted by Gasteiger charge is -2.22. The van der Waals surface area contributed by atoms with Gasteiger partial charge in [-0.15, -0.1) is 0 Å². The molecule has 0 aliphatic heterocycles. The molecule has 0 atom stereocenters. The van der Waals surface area contributed by atoms with Gasteiger partial charge in [-0.05, 0) is 50.8 Å². The molecular formula is C14H22N2O. The molecule has 3 nitrogen and oxygen atoms in total. The lowest BCUT2D eigenvalue weighted by Crippen LogP contribution is -2.27. The normalized spacial score (nSPS) is 15.5. The second kappa shape index (κ2) is 6.12. The number of rotatable bonds is 7. The standard InChI is InChI=1S/C14H22N2O/c1-12-13(5-4-8-15-12)11-16(14-6-7-14)9-2-3-10-17/h4-5,8,14,17H,2-3,6-7,9-11H2,1H3. The summed E-state index contributed by atoms with van der Waals surface area (Å²) >= 11 is 0.